The van der Waals surface area contributed by atoms with Gasteiger partial charge in [-0.1, -0.05) is 0 Å². The Morgan fingerprint density at radius 2 is 2.06 bits per heavy atom. The van der Waals surface area contributed by atoms with Gasteiger partial charge in [0.25, 0.3) is 5.56 Å². The van der Waals surface area contributed by atoms with Crippen LogP contribution in [0.15, 0.2) is 35.5 Å². The van der Waals surface area contributed by atoms with Gasteiger partial charge in [-0.3, -0.25) is 9.78 Å². The molecule has 0 amide bonds. The summed E-state index contributed by atoms with van der Waals surface area (Å²) in [5, 5.41) is 0. The monoisotopic (exact) mass is 216 g/mol. The molecule has 0 atom stereocenters. The van der Waals surface area contributed by atoms with E-state index in [9.17, 15) is 4.79 Å². The average Bonchev–Trinajstić information content (AvgIpc) is 2.33. The number of nitrogens with one attached hydrogen (secondary N) is 1. The zero-order valence-corrected chi connectivity index (χ0v) is 9.15. The van der Waals surface area contributed by atoms with Crippen LogP contribution in [0.5, 0.6) is 5.75 Å². The third kappa shape index (κ3) is 1.95. The van der Waals surface area contributed by atoms with E-state index < -0.39 is 0 Å². The Morgan fingerprint density at radius 3 is 2.75 bits per heavy atom. The summed E-state index contributed by atoms with van der Waals surface area (Å²) in [4.78, 5) is 18.0. The predicted molar refractivity (Wildman–Crippen MR) is 61.6 cm³/mol. The van der Waals surface area contributed by atoms with Gasteiger partial charge in [0.05, 0.1) is 13.3 Å². The Hall–Kier alpha value is -2.10. The molecule has 0 aliphatic heterocycles. The Kier molecular flexibility index (Phi) is 2.72. The fourth-order valence-corrected chi connectivity index (χ4v) is 1.45. The summed E-state index contributed by atoms with van der Waals surface area (Å²) in [6.07, 6.45) is 5.05. The lowest BCUT2D eigenvalue weighted by atomic mass is 10.1. The highest BCUT2D eigenvalue weighted by Gasteiger charge is 2.02. The van der Waals surface area contributed by atoms with Gasteiger partial charge in [0.15, 0.2) is 0 Å². The molecule has 2 heterocycles. The van der Waals surface area contributed by atoms with E-state index >= 15 is 0 Å². The van der Waals surface area contributed by atoms with Crippen molar-refractivity contribution in [1.29, 1.82) is 0 Å². The fraction of sp³-hybridized carbons (Fsp3) is 0.167. The largest absolute Gasteiger partial charge is 0.495 e. The van der Waals surface area contributed by atoms with Crippen molar-refractivity contribution in [3.63, 3.8) is 0 Å². The van der Waals surface area contributed by atoms with Crippen LogP contribution in [0.25, 0.3) is 11.1 Å². The third-order valence-electron chi connectivity index (χ3n) is 2.37. The number of methoxy groups -OCH3 is 1. The maximum Gasteiger partial charge on any atom is 0.250 e. The normalized spacial score (nSPS) is 10.1. The second-order valence-electron chi connectivity index (χ2n) is 3.51. The SMILES string of the molecule is COc1cncc(-c2c[nH]c(=O)c(C)c2)c1. The van der Waals surface area contributed by atoms with E-state index in [1.54, 1.807) is 32.6 Å². The number of aromatic amines is 1. The van der Waals surface area contributed by atoms with Gasteiger partial charge in [-0.05, 0) is 24.6 Å². The molecule has 0 spiro atoms. The van der Waals surface area contributed by atoms with Gasteiger partial charge in [0.2, 0.25) is 0 Å². The Balaban J connectivity index is 2.50. The van der Waals surface area contributed by atoms with Crippen molar-refractivity contribution < 1.29 is 4.74 Å². The van der Waals surface area contributed by atoms with Gasteiger partial charge in [0, 0.05) is 23.5 Å². The molecule has 0 saturated heterocycles. The number of aryl methyl sites for hydroxylation is 1. The second-order valence-corrected chi connectivity index (χ2v) is 3.51. The van der Waals surface area contributed by atoms with Gasteiger partial charge >= 0.3 is 0 Å². The van der Waals surface area contributed by atoms with Crippen molar-refractivity contribution in [3.8, 4) is 16.9 Å². The van der Waals surface area contributed by atoms with Crippen LogP contribution in [0.1, 0.15) is 5.56 Å². The molecule has 0 radical (unpaired) electrons. The van der Waals surface area contributed by atoms with Crippen LogP contribution in [0.3, 0.4) is 0 Å². The molecule has 0 unspecified atom stereocenters. The van der Waals surface area contributed by atoms with Crippen molar-refractivity contribution in [1.82, 2.24) is 9.97 Å². The summed E-state index contributed by atoms with van der Waals surface area (Å²) >= 11 is 0. The van der Waals surface area contributed by atoms with Gasteiger partial charge in [-0.25, -0.2) is 0 Å². The topological polar surface area (TPSA) is 55.0 Å². The standard InChI is InChI=1S/C12H12N2O2/c1-8-3-9(6-14-12(8)15)10-4-11(16-2)7-13-5-10/h3-7H,1-2H3,(H,14,15). The number of hydrogen-bond acceptors (Lipinski definition) is 3. The Bertz CT molecular complexity index is 561. The van der Waals surface area contributed by atoms with E-state index in [0.717, 1.165) is 11.1 Å². The van der Waals surface area contributed by atoms with Gasteiger partial charge in [0.1, 0.15) is 5.75 Å². The maximum absolute atomic E-state index is 11.2. The summed E-state index contributed by atoms with van der Waals surface area (Å²) < 4.78 is 5.10. The van der Waals surface area contributed by atoms with E-state index in [0.29, 0.717) is 11.3 Å². The fourth-order valence-electron chi connectivity index (χ4n) is 1.45. The van der Waals surface area contributed by atoms with E-state index in [4.69, 9.17) is 4.74 Å². The third-order valence-corrected chi connectivity index (χ3v) is 2.37. The number of ether oxygens (including phenoxy) is 1. The first kappa shape index (κ1) is 10.4. The Labute approximate surface area is 92.9 Å². The highest BCUT2D eigenvalue weighted by molar-refractivity contribution is 5.63. The Morgan fingerprint density at radius 1 is 1.25 bits per heavy atom. The molecule has 2 aromatic rings. The minimum Gasteiger partial charge on any atom is -0.495 e. The number of hydrogen-bond donors (Lipinski definition) is 1. The zero-order valence-electron chi connectivity index (χ0n) is 9.15. The van der Waals surface area contributed by atoms with Crippen LogP contribution in [0.2, 0.25) is 0 Å². The number of pyridine rings is 2. The molecule has 2 rings (SSSR count). The molecule has 4 heteroatoms. The molecule has 1 N–H and O–H groups in total. The summed E-state index contributed by atoms with van der Waals surface area (Å²) in [7, 11) is 1.60. The average molecular weight is 216 g/mol. The summed E-state index contributed by atoms with van der Waals surface area (Å²) in [5.41, 5.74) is 2.45. The minimum absolute atomic E-state index is 0.0698. The molecule has 0 aliphatic carbocycles. The van der Waals surface area contributed by atoms with Gasteiger partial charge < -0.3 is 9.72 Å². The number of nitrogens with zero attached hydrogens (tertiary/aromatic N) is 1. The van der Waals surface area contributed by atoms with E-state index in [1.807, 2.05) is 12.1 Å². The lowest BCUT2D eigenvalue weighted by molar-refractivity contribution is 0.413. The maximum atomic E-state index is 11.2. The highest BCUT2D eigenvalue weighted by Crippen LogP contribution is 2.21. The molecule has 4 nitrogen and oxygen atoms in total. The lowest BCUT2D eigenvalue weighted by Crippen LogP contribution is -2.07. The van der Waals surface area contributed by atoms with Crippen molar-refractivity contribution in [2.75, 3.05) is 7.11 Å². The van der Waals surface area contributed by atoms with E-state index in [-0.39, 0.29) is 5.56 Å². The van der Waals surface area contributed by atoms with Crippen LogP contribution < -0.4 is 10.3 Å². The summed E-state index contributed by atoms with van der Waals surface area (Å²) in [5.74, 6) is 0.696. The molecule has 82 valence electrons. The van der Waals surface area contributed by atoms with E-state index in [2.05, 4.69) is 9.97 Å². The first-order chi connectivity index (χ1) is 7.70. The smallest absolute Gasteiger partial charge is 0.250 e. The van der Waals surface area contributed by atoms with Crippen LogP contribution in [0.4, 0.5) is 0 Å². The molecule has 0 aliphatic rings. The highest BCUT2D eigenvalue weighted by atomic mass is 16.5. The predicted octanol–water partition coefficient (Wildman–Crippen LogP) is 1.75. The lowest BCUT2D eigenvalue weighted by Gasteiger charge is -2.04. The first-order valence-corrected chi connectivity index (χ1v) is 4.89. The molecule has 2 aromatic heterocycles. The minimum atomic E-state index is -0.0698. The number of rotatable bonds is 2. The molecule has 0 fully saturated rings. The molecular weight excluding hydrogens is 204 g/mol. The quantitative estimate of drug-likeness (QED) is 0.832. The van der Waals surface area contributed by atoms with Crippen LogP contribution in [0, 0.1) is 6.92 Å². The van der Waals surface area contributed by atoms with E-state index in [1.165, 1.54) is 0 Å². The van der Waals surface area contributed by atoms with Crippen molar-refractivity contribution in [3.05, 3.63) is 46.6 Å². The van der Waals surface area contributed by atoms with Gasteiger partial charge in [-0.15, -0.1) is 0 Å². The molecule has 16 heavy (non-hydrogen) atoms. The van der Waals surface area contributed by atoms with Gasteiger partial charge in [-0.2, -0.15) is 0 Å². The molecular formula is C12H12N2O2. The molecule has 0 aromatic carbocycles. The molecule has 0 bridgehead atoms. The molecule has 0 saturated carbocycles. The van der Waals surface area contributed by atoms with Crippen molar-refractivity contribution in [2.45, 2.75) is 6.92 Å². The number of aromatic nitrogens is 2. The first-order valence-electron chi connectivity index (χ1n) is 4.89. The number of H-pyrrole nitrogens is 1. The van der Waals surface area contributed by atoms with Crippen LogP contribution in [-0.2, 0) is 0 Å². The van der Waals surface area contributed by atoms with Crippen molar-refractivity contribution in [2.24, 2.45) is 0 Å². The van der Waals surface area contributed by atoms with Crippen LogP contribution >= 0.6 is 0 Å². The van der Waals surface area contributed by atoms with Crippen LogP contribution in [-0.4, -0.2) is 17.1 Å². The summed E-state index contributed by atoms with van der Waals surface area (Å²) in [6.45, 7) is 1.77. The summed E-state index contributed by atoms with van der Waals surface area (Å²) in [6, 6.07) is 3.70. The van der Waals surface area contributed by atoms with Crippen molar-refractivity contribution >= 4 is 0 Å². The second kappa shape index (κ2) is 4.18. The zero-order chi connectivity index (χ0) is 11.5.